The Morgan fingerprint density at radius 3 is 2.73 bits per heavy atom. The predicted molar refractivity (Wildman–Crippen MR) is 36.3 cm³/mol. The van der Waals surface area contributed by atoms with E-state index >= 15 is 0 Å². The zero-order valence-electron chi connectivity index (χ0n) is 6.40. The van der Waals surface area contributed by atoms with Crippen molar-refractivity contribution in [2.24, 2.45) is 0 Å². The van der Waals surface area contributed by atoms with Crippen molar-refractivity contribution >= 4 is 0 Å². The van der Waals surface area contributed by atoms with Crippen molar-refractivity contribution < 1.29 is 19.3 Å². The second kappa shape index (κ2) is 2.71. The van der Waals surface area contributed by atoms with E-state index in [1.54, 1.807) is 7.11 Å². The Labute approximate surface area is 65.1 Å². The van der Waals surface area contributed by atoms with E-state index in [0.29, 0.717) is 13.2 Å². The number of fused-ring (bicyclic) bond motifs is 1. The number of methoxy groups -OCH3 is 1. The lowest BCUT2D eigenvalue weighted by atomic mass is 10.1. The molecule has 2 heterocycles. The normalized spacial score (nSPS) is 49.6. The first-order valence-electron chi connectivity index (χ1n) is 3.77. The molecule has 2 unspecified atom stereocenters. The van der Waals surface area contributed by atoms with E-state index in [0.717, 1.165) is 0 Å². The van der Waals surface area contributed by atoms with Crippen molar-refractivity contribution in [3.63, 3.8) is 0 Å². The van der Waals surface area contributed by atoms with Gasteiger partial charge in [0, 0.05) is 7.11 Å². The van der Waals surface area contributed by atoms with Crippen molar-refractivity contribution in [2.45, 2.75) is 24.4 Å². The molecule has 4 nitrogen and oxygen atoms in total. The van der Waals surface area contributed by atoms with Gasteiger partial charge in [0.1, 0.15) is 24.4 Å². The summed E-state index contributed by atoms with van der Waals surface area (Å²) in [6.45, 7) is 0.901. The molecule has 0 bridgehead atoms. The molecular formula is C7H12O4. The molecule has 0 aromatic carbocycles. The Kier molecular flexibility index (Phi) is 1.85. The first-order valence-corrected chi connectivity index (χ1v) is 3.77. The minimum absolute atomic E-state index is 0.00264. The highest BCUT2D eigenvalue weighted by Crippen LogP contribution is 2.28. The molecule has 2 aliphatic rings. The third-order valence-electron chi connectivity index (χ3n) is 2.28. The monoisotopic (exact) mass is 160 g/mol. The lowest BCUT2D eigenvalue weighted by Gasteiger charge is -2.12. The van der Waals surface area contributed by atoms with Gasteiger partial charge < -0.3 is 19.3 Å². The molecule has 0 saturated carbocycles. The molecule has 2 saturated heterocycles. The quantitative estimate of drug-likeness (QED) is 0.543. The van der Waals surface area contributed by atoms with E-state index in [2.05, 4.69) is 0 Å². The molecule has 0 aromatic rings. The molecule has 4 atom stereocenters. The van der Waals surface area contributed by atoms with Crippen LogP contribution < -0.4 is 0 Å². The number of hydrogen-bond donors (Lipinski definition) is 1. The van der Waals surface area contributed by atoms with Crippen molar-refractivity contribution in [3.05, 3.63) is 0 Å². The number of aliphatic hydroxyl groups excluding tert-OH is 1. The van der Waals surface area contributed by atoms with Crippen LogP contribution in [0.4, 0.5) is 0 Å². The van der Waals surface area contributed by atoms with Crippen LogP contribution in [0.15, 0.2) is 0 Å². The maximum atomic E-state index is 9.31. The highest BCUT2D eigenvalue weighted by atomic mass is 16.6. The standard InChI is InChI=1S/C7H12O4/c1-9-5-3-11-6-4(8)2-10-7(5)6/h4-8H,2-3H2,1H3/t4-,5-,6?,7?/m1/s1. The van der Waals surface area contributed by atoms with Gasteiger partial charge >= 0.3 is 0 Å². The number of hydrogen-bond acceptors (Lipinski definition) is 4. The molecule has 11 heavy (non-hydrogen) atoms. The second-order valence-corrected chi connectivity index (χ2v) is 2.94. The lowest BCUT2D eigenvalue weighted by molar-refractivity contribution is -0.0168. The molecule has 4 heteroatoms. The highest BCUT2D eigenvalue weighted by molar-refractivity contribution is 4.94. The number of rotatable bonds is 1. The van der Waals surface area contributed by atoms with Gasteiger partial charge in [-0.15, -0.1) is 0 Å². The van der Waals surface area contributed by atoms with Gasteiger partial charge in [0.15, 0.2) is 0 Å². The Morgan fingerprint density at radius 1 is 1.27 bits per heavy atom. The van der Waals surface area contributed by atoms with Gasteiger partial charge in [-0.3, -0.25) is 0 Å². The number of ether oxygens (including phenoxy) is 3. The van der Waals surface area contributed by atoms with Gasteiger partial charge in [-0.05, 0) is 0 Å². The second-order valence-electron chi connectivity index (χ2n) is 2.94. The first kappa shape index (κ1) is 7.49. The van der Waals surface area contributed by atoms with Crippen molar-refractivity contribution in [2.75, 3.05) is 20.3 Å². The summed E-state index contributed by atoms with van der Waals surface area (Å²) in [4.78, 5) is 0. The molecule has 0 amide bonds. The molecule has 2 aliphatic heterocycles. The van der Waals surface area contributed by atoms with Crippen LogP contribution in [0.1, 0.15) is 0 Å². The molecule has 1 N–H and O–H groups in total. The van der Waals surface area contributed by atoms with Crippen LogP contribution in [0.2, 0.25) is 0 Å². The predicted octanol–water partition coefficient (Wildman–Crippen LogP) is -0.840. The molecule has 64 valence electrons. The van der Waals surface area contributed by atoms with Gasteiger partial charge in [0.05, 0.1) is 13.2 Å². The molecule has 0 aromatic heterocycles. The molecule has 2 rings (SSSR count). The minimum Gasteiger partial charge on any atom is -0.388 e. The molecule has 0 aliphatic carbocycles. The summed E-state index contributed by atoms with van der Waals surface area (Å²) in [5.41, 5.74) is 0. The zero-order chi connectivity index (χ0) is 7.84. The van der Waals surface area contributed by atoms with Crippen LogP contribution in [0.25, 0.3) is 0 Å². The fraction of sp³-hybridized carbons (Fsp3) is 1.00. The topological polar surface area (TPSA) is 47.9 Å². The van der Waals surface area contributed by atoms with Crippen LogP contribution >= 0.6 is 0 Å². The van der Waals surface area contributed by atoms with E-state index in [1.807, 2.05) is 0 Å². The Balaban J connectivity index is 2.04. The summed E-state index contributed by atoms with van der Waals surface area (Å²) in [5, 5.41) is 9.31. The summed E-state index contributed by atoms with van der Waals surface area (Å²) < 4.78 is 15.7. The van der Waals surface area contributed by atoms with E-state index in [9.17, 15) is 5.11 Å². The first-order chi connectivity index (χ1) is 5.33. The lowest BCUT2D eigenvalue weighted by Crippen LogP contribution is -2.32. The van der Waals surface area contributed by atoms with Crippen LogP contribution in [-0.4, -0.2) is 49.8 Å². The van der Waals surface area contributed by atoms with Gasteiger partial charge in [-0.1, -0.05) is 0 Å². The molecule has 0 spiro atoms. The number of aliphatic hydroxyl groups is 1. The van der Waals surface area contributed by atoms with Crippen molar-refractivity contribution in [3.8, 4) is 0 Å². The van der Waals surface area contributed by atoms with Crippen LogP contribution in [-0.2, 0) is 14.2 Å². The van der Waals surface area contributed by atoms with Gasteiger partial charge in [0.25, 0.3) is 0 Å². The van der Waals surface area contributed by atoms with Gasteiger partial charge in [0.2, 0.25) is 0 Å². The van der Waals surface area contributed by atoms with E-state index in [4.69, 9.17) is 14.2 Å². The molecule has 2 fully saturated rings. The van der Waals surface area contributed by atoms with E-state index < -0.39 is 6.10 Å². The zero-order valence-corrected chi connectivity index (χ0v) is 6.40. The van der Waals surface area contributed by atoms with Gasteiger partial charge in [-0.25, -0.2) is 0 Å². The fourth-order valence-corrected chi connectivity index (χ4v) is 1.65. The summed E-state index contributed by atoms with van der Waals surface area (Å²) in [5.74, 6) is 0. The van der Waals surface area contributed by atoms with Crippen LogP contribution in [0, 0.1) is 0 Å². The largest absolute Gasteiger partial charge is 0.388 e. The third-order valence-corrected chi connectivity index (χ3v) is 2.28. The third kappa shape index (κ3) is 1.06. The summed E-state index contributed by atoms with van der Waals surface area (Å²) >= 11 is 0. The average molecular weight is 160 g/mol. The van der Waals surface area contributed by atoms with E-state index in [-0.39, 0.29) is 18.3 Å². The fourth-order valence-electron chi connectivity index (χ4n) is 1.65. The minimum atomic E-state index is -0.472. The Hall–Kier alpha value is -0.160. The molecule has 0 radical (unpaired) electrons. The summed E-state index contributed by atoms with van der Waals surface area (Å²) in [7, 11) is 1.63. The maximum absolute atomic E-state index is 9.31. The van der Waals surface area contributed by atoms with Crippen LogP contribution in [0.3, 0.4) is 0 Å². The average Bonchev–Trinajstić information content (AvgIpc) is 2.53. The Morgan fingerprint density at radius 2 is 2.00 bits per heavy atom. The van der Waals surface area contributed by atoms with Crippen molar-refractivity contribution in [1.29, 1.82) is 0 Å². The van der Waals surface area contributed by atoms with Gasteiger partial charge in [-0.2, -0.15) is 0 Å². The van der Waals surface area contributed by atoms with Crippen molar-refractivity contribution in [1.82, 2.24) is 0 Å². The van der Waals surface area contributed by atoms with E-state index in [1.165, 1.54) is 0 Å². The SMILES string of the molecule is CO[C@@H]1COC2C1OC[C@H]2O. The highest BCUT2D eigenvalue weighted by Gasteiger charge is 2.47. The van der Waals surface area contributed by atoms with Crippen LogP contribution in [0.5, 0.6) is 0 Å². The Bertz CT molecular complexity index is 149. The summed E-state index contributed by atoms with van der Waals surface area (Å²) in [6, 6.07) is 0. The maximum Gasteiger partial charge on any atom is 0.115 e. The molecular weight excluding hydrogens is 148 g/mol. The summed E-state index contributed by atoms with van der Waals surface area (Å²) in [6.07, 6.45) is -0.702. The smallest absolute Gasteiger partial charge is 0.115 e.